The van der Waals surface area contributed by atoms with Crippen LogP contribution in [0.25, 0.3) is 11.3 Å². The molecule has 1 saturated carbocycles. The number of carbonyl (C=O) groups is 2. The van der Waals surface area contributed by atoms with Crippen LogP contribution >= 0.6 is 0 Å². The van der Waals surface area contributed by atoms with E-state index >= 15 is 0 Å². The third-order valence-electron chi connectivity index (χ3n) is 7.38. The molecule has 36 heavy (non-hydrogen) atoms. The van der Waals surface area contributed by atoms with Crippen molar-refractivity contribution in [3.05, 3.63) is 106 Å². The molecule has 1 fully saturated rings. The number of carbonyl (C=O) groups excluding carboxylic acids is 2. The normalized spacial score (nSPS) is 20.0. The minimum absolute atomic E-state index is 0.0113. The quantitative estimate of drug-likeness (QED) is 0.368. The molecule has 0 radical (unpaired) electrons. The Hall–Kier alpha value is -4.13. The highest BCUT2D eigenvalue weighted by Gasteiger charge is 2.58. The molecule has 0 aliphatic heterocycles. The molecule has 5 nitrogen and oxygen atoms in total. The average Bonchev–Trinajstić information content (AvgIpc) is 3.42. The Morgan fingerprint density at radius 3 is 2.61 bits per heavy atom. The zero-order valence-electron chi connectivity index (χ0n) is 19.6. The van der Waals surface area contributed by atoms with Crippen molar-refractivity contribution in [2.75, 3.05) is 5.32 Å². The van der Waals surface area contributed by atoms with Gasteiger partial charge in [0, 0.05) is 35.4 Å². The number of rotatable bonds is 5. The maximum atomic E-state index is 14.1. The highest BCUT2D eigenvalue weighted by molar-refractivity contribution is 6.06. The van der Waals surface area contributed by atoms with E-state index in [2.05, 4.69) is 22.2 Å². The van der Waals surface area contributed by atoms with Gasteiger partial charge in [-0.15, -0.1) is 0 Å². The summed E-state index contributed by atoms with van der Waals surface area (Å²) in [5.41, 5.74) is 4.56. The number of benzene rings is 2. The highest BCUT2D eigenvalue weighted by Crippen LogP contribution is 2.59. The van der Waals surface area contributed by atoms with Crippen LogP contribution in [0.2, 0.25) is 0 Å². The van der Waals surface area contributed by atoms with E-state index in [9.17, 15) is 18.4 Å². The maximum Gasteiger partial charge on any atom is 0.262 e. The Bertz CT molecular complexity index is 1510. The van der Waals surface area contributed by atoms with Gasteiger partial charge in [-0.05, 0) is 53.6 Å². The van der Waals surface area contributed by atoms with Crippen LogP contribution in [0, 0.1) is 23.0 Å². The molecule has 0 bridgehead atoms. The first-order valence-corrected chi connectivity index (χ1v) is 11.9. The van der Waals surface area contributed by atoms with Crippen LogP contribution in [0.3, 0.4) is 0 Å². The molecule has 1 amide bonds. The number of amides is 1. The number of H-pyrrole nitrogens is 1. The van der Waals surface area contributed by atoms with E-state index in [-0.39, 0.29) is 22.9 Å². The maximum absolute atomic E-state index is 14.1. The lowest BCUT2D eigenvalue weighted by Crippen LogP contribution is -2.20. The Balaban J connectivity index is 1.39. The van der Waals surface area contributed by atoms with Gasteiger partial charge in [-0.1, -0.05) is 43.3 Å². The van der Waals surface area contributed by atoms with Gasteiger partial charge in [-0.2, -0.15) is 0 Å². The standard InChI is InChI=1S/C29H23F2N3O2/c1-29-14-19(29)27(35)24-18(12-16-6-3-2-4-7-16)26(33-22(24)15-29)17-10-11-32-23(13-17)34-28(36)25-20(30)8-5-9-21(25)31/h2-11,13,19,33H,12,14-15H2,1H3,(H,32,34,36)/t19-,29+/m1/s1. The molecule has 4 aromatic rings. The number of hydrogen-bond donors (Lipinski definition) is 2. The van der Waals surface area contributed by atoms with Crippen LogP contribution < -0.4 is 5.32 Å². The molecule has 2 aromatic carbocycles. The number of aromatic nitrogens is 2. The molecule has 2 aliphatic rings. The molecular formula is C29H23F2N3O2. The molecule has 2 heterocycles. The summed E-state index contributed by atoms with van der Waals surface area (Å²) in [6.07, 6.45) is 3.81. The summed E-state index contributed by atoms with van der Waals surface area (Å²) in [4.78, 5) is 33.7. The molecule has 180 valence electrons. The van der Waals surface area contributed by atoms with E-state index in [4.69, 9.17) is 0 Å². The second-order valence-corrected chi connectivity index (χ2v) is 9.93. The van der Waals surface area contributed by atoms with Crippen LogP contribution in [0.5, 0.6) is 0 Å². The molecule has 0 spiro atoms. The van der Waals surface area contributed by atoms with Crippen molar-refractivity contribution in [3.8, 4) is 11.3 Å². The van der Waals surface area contributed by atoms with Crippen molar-refractivity contribution in [1.29, 1.82) is 0 Å². The van der Waals surface area contributed by atoms with E-state index in [1.807, 2.05) is 30.3 Å². The lowest BCUT2D eigenvalue weighted by atomic mass is 9.84. The van der Waals surface area contributed by atoms with E-state index in [0.29, 0.717) is 6.42 Å². The molecule has 0 unspecified atom stereocenters. The number of anilines is 1. The Morgan fingerprint density at radius 2 is 1.86 bits per heavy atom. The molecule has 2 aliphatic carbocycles. The van der Waals surface area contributed by atoms with Gasteiger partial charge < -0.3 is 10.3 Å². The first kappa shape index (κ1) is 22.3. The smallest absolute Gasteiger partial charge is 0.262 e. The minimum Gasteiger partial charge on any atom is -0.358 e. The number of halogens is 2. The Kier molecular flexibility index (Phi) is 5.10. The van der Waals surface area contributed by atoms with Crippen molar-refractivity contribution in [2.24, 2.45) is 11.3 Å². The highest BCUT2D eigenvalue weighted by atomic mass is 19.1. The summed E-state index contributed by atoms with van der Waals surface area (Å²) in [6.45, 7) is 2.15. The van der Waals surface area contributed by atoms with Gasteiger partial charge in [0.1, 0.15) is 23.0 Å². The fourth-order valence-electron chi connectivity index (χ4n) is 5.39. The number of Topliss-reactive ketones (excluding diaryl/α,β-unsaturated/α-hetero) is 1. The third kappa shape index (κ3) is 3.71. The predicted molar refractivity (Wildman–Crippen MR) is 132 cm³/mol. The number of nitrogens with zero attached hydrogens (tertiary/aromatic N) is 1. The molecule has 6 rings (SSSR count). The monoisotopic (exact) mass is 483 g/mol. The predicted octanol–water partition coefficient (Wildman–Crippen LogP) is 5.96. The lowest BCUT2D eigenvalue weighted by molar-refractivity contribution is 0.0938. The minimum atomic E-state index is -0.948. The van der Waals surface area contributed by atoms with Crippen molar-refractivity contribution in [3.63, 3.8) is 0 Å². The molecule has 2 aromatic heterocycles. The summed E-state index contributed by atoms with van der Waals surface area (Å²) in [6, 6.07) is 16.6. The number of aromatic amines is 1. The summed E-state index contributed by atoms with van der Waals surface area (Å²) in [5, 5.41) is 2.50. The van der Waals surface area contributed by atoms with E-state index < -0.39 is 23.1 Å². The van der Waals surface area contributed by atoms with Gasteiger partial charge in [0.2, 0.25) is 0 Å². The summed E-state index contributed by atoms with van der Waals surface area (Å²) < 4.78 is 28.2. The van der Waals surface area contributed by atoms with Crippen LogP contribution in [-0.2, 0) is 12.8 Å². The number of hydrogen-bond acceptors (Lipinski definition) is 3. The zero-order chi connectivity index (χ0) is 25.0. The SMILES string of the molecule is C[C@]12Cc3[nH]c(-c4ccnc(NC(=O)c5c(F)cccc5F)c4)c(Cc4ccccc4)c3C(=O)[C@H]1C2. The third-order valence-corrected chi connectivity index (χ3v) is 7.38. The average molecular weight is 484 g/mol. The molecule has 2 atom stereocenters. The van der Waals surface area contributed by atoms with Gasteiger partial charge in [-0.25, -0.2) is 13.8 Å². The van der Waals surface area contributed by atoms with Crippen molar-refractivity contribution in [1.82, 2.24) is 9.97 Å². The fraction of sp³-hybridized carbons (Fsp3) is 0.207. The molecule has 7 heteroatoms. The first-order chi connectivity index (χ1) is 17.3. The van der Waals surface area contributed by atoms with Crippen LogP contribution in [0.1, 0.15) is 50.9 Å². The topological polar surface area (TPSA) is 74.8 Å². The number of ketones is 1. The van der Waals surface area contributed by atoms with Gasteiger partial charge in [-0.3, -0.25) is 9.59 Å². The number of fused-ring (bicyclic) bond motifs is 2. The van der Waals surface area contributed by atoms with Gasteiger partial charge >= 0.3 is 0 Å². The number of nitrogens with one attached hydrogen (secondary N) is 2. The van der Waals surface area contributed by atoms with Crippen molar-refractivity contribution < 1.29 is 18.4 Å². The van der Waals surface area contributed by atoms with Gasteiger partial charge in [0.25, 0.3) is 5.91 Å². The van der Waals surface area contributed by atoms with Crippen molar-refractivity contribution in [2.45, 2.75) is 26.2 Å². The molecular weight excluding hydrogens is 460 g/mol. The second-order valence-electron chi connectivity index (χ2n) is 9.93. The number of pyridine rings is 1. The van der Waals surface area contributed by atoms with E-state index in [1.54, 1.807) is 12.1 Å². The van der Waals surface area contributed by atoms with Gasteiger partial charge in [0.15, 0.2) is 5.78 Å². The van der Waals surface area contributed by atoms with E-state index in [0.717, 1.165) is 58.6 Å². The second kappa shape index (κ2) is 8.22. The van der Waals surface area contributed by atoms with Crippen LogP contribution in [0.4, 0.5) is 14.6 Å². The molecule has 0 saturated heterocycles. The van der Waals surface area contributed by atoms with Crippen molar-refractivity contribution >= 4 is 17.5 Å². The van der Waals surface area contributed by atoms with Gasteiger partial charge in [0.05, 0.1) is 5.69 Å². The Labute approximate surface area is 206 Å². The fourth-order valence-corrected chi connectivity index (χ4v) is 5.39. The summed E-state index contributed by atoms with van der Waals surface area (Å²) in [7, 11) is 0. The lowest BCUT2D eigenvalue weighted by Gasteiger charge is -2.17. The summed E-state index contributed by atoms with van der Waals surface area (Å²) in [5.74, 6) is -2.42. The Morgan fingerprint density at radius 1 is 1.11 bits per heavy atom. The largest absolute Gasteiger partial charge is 0.358 e. The first-order valence-electron chi connectivity index (χ1n) is 11.9. The van der Waals surface area contributed by atoms with Crippen LogP contribution in [-0.4, -0.2) is 21.7 Å². The zero-order valence-corrected chi connectivity index (χ0v) is 19.6. The van der Waals surface area contributed by atoms with E-state index in [1.165, 1.54) is 12.3 Å². The molecule has 2 N–H and O–H groups in total. The van der Waals surface area contributed by atoms with Crippen LogP contribution in [0.15, 0.2) is 66.9 Å². The summed E-state index contributed by atoms with van der Waals surface area (Å²) >= 11 is 0.